The van der Waals surface area contributed by atoms with Gasteiger partial charge in [0.25, 0.3) is 0 Å². The predicted molar refractivity (Wildman–Crippen MR) is 51.4 cm³/mol. The van der Waals surface area contributed by atoms with Crippen LogP contribution >= 0.6 is 0 Å². The van der Waals surface area contributed by atoms with Crippen molar-refractivity contribution in [3.8, 4) is 0 Å². The average molecular weight is 205 g/mol. The second kappa shape index (κ2) is 4.00. The Kier molecular flexibility index (Phi) is 2.53. The van der Waals surface area contributed by atoms with Gasteiger partial charge in [-0.2, -0.15) is 9.49 Å². The van der Waals surface area contributed by atoms with Crippen molar-refractivity contribution in [2.75, 3.05) is 0 Å². The van der Waals surface area contributed by atoms with Crippen molar-refractivity contribution in [3.63, 3.8) is 0 Å². The fraction of sp³-hybridized carbons (Fsp3) is 0.100. The molecule has 0 amide bonds. The molecule has 0 saturated carbocycles. The van der Waals surface area contributed by atoms with Crippen LogP contribution in [-0.4, -0.2) is 21.2 Å². The highest BCUT2D eigenvalue weighted by atomic mass is 19.1. The van der Waals surface area contributed by atoms with E-state index in [1.54, 1.807) is 24.5 Å². The first kappa shape index (κ1) is 9.51. The molecule has 2 heterocycles. The molecule has 2 aromatic rings. The summed E-state index contributed by atoms with van der Waals surface area (Å²) in [4.78, 5) is 14.1. The number of carbonyl (C=O) groups excluding carboxylic acids is 1. The van der Waals surface area contributed by atoms with E-state index in [1.165, 1.54) is 6.07 Å². The molecular formula is C10H8FN3O. The van der Waals surface area contributed by atoms with E-state index >= 15 is 0 Å². The van der Waals surface area contributed by atoms with E-state index in [-0.39, 0.29) is 0 Å². The second-order valence-corrected chi connectivity index (χ2v) is 3.06. The van der Waals surface area contributed by atoms with Crippen LogP contribution < -0.4 is 0 Å². The van der Waals surface area contributed by atoms with Crippen molar-refractivity contribution in [3.05, 3.63) is 47.8 Å². The summed E-state index contributed by atoms with van der Waals surface area (Å²) in [6, 6.07) is 4.61. The Morgan fingerprint density at radius 2 is 2.33 bits per heavy atom. The van der Waals surface area contributed by atoms with Crippen LogP contribution in [0.3, 0.4) is 0 Å². The molecule has 15 heavy (non-hydrogen) atoms. The quantitative estimate of drug-likeness (QED) is 0.555. The molecule has 0 aromatic carbocycles. The fourth-order valence-electron chi connectivity index (χ4n) is 1.28. The summed E-state index contributed by atoms with van der Waals surface area (Å²) in [5.41, 5.74) is 1.43. The number of hydrogen-bond donors (Lipinski definition) is 0. The zero-order valence-electron chi connectivity index (χ0n) is 7.80. The van der Waals surface area contributed by atoms with Gasteiger partial charge >= 0.3 is 0 Å². The molecule has 0 atom stereocenters. The minimum absolute atomic E-state index is 0.464. The highest BCUT2D eigenvalue weighted by Crippen LogP contribution is 2.06. The van der Waals surface area contributed by atoms with Crippen molar-refractivity contribution < 1.29 is 9.18 Å². The minimum atomic E-state index is -0.504. The first-order chi connectivity index (χ1) is 7.28. The van der Waals surface area contributed by atoms with Crippen LogP contribution in [0.1, 0.15) is 11.3 Å². The largest absolute Gasteiger partial charge is 0.276 e. The van der Waals surface area contributed by atoms with Crippen LogP contribution in [0.2, 0.25) is 0 Å². The van der Waals surface area contributed by atoms with Gasteiger partial charge in [0.1, 0.15) is 0 Å². The molecule has 0 unspecified atom stereocenters. The van der Waals surface area contributed by atoms with Crippen LogP contribution in [0.25, 0.3) is 0 Å². The molecule has 0 fully saturated rings. The third-order valence-corrected chi connectivity index (χ3v) is 1.92. The van der Waals surface area contributed by atoms with Crippen molar-refractivity contribution >= 4 is 6.41 Å². The van der Waals surface area contributed by atoms with Crippen molar-refractivity contribution in [2.24, 2.45) is 0 Å². The Morgan fingerprint density at radius 1 is 1.47 bits per heavy atom. The van der Waals surface area contributed by atoms with E-state index in [4.69, 9.17) is 0 Å². The van der Waals surface area contributed by atoms with Gasteiger partial charge in [-0.3, -0.25) is 4.79 Å². The number of pyridine rings is 1. The third kappa shape index (κ3) is 2.25. The van der Waals surface area contributed by atoms with Crippen LogP contribution in [0, 0.1) is 5.95 Å². The monoisotopic (exact) mass is 205 g/mol. The summed E-state index contributed by atoms with van der Waals surface area (Å²) >= 11 is 0. The van der Waals surface area contributed by atoms with Gasteiger partial charge in [0.15, 0.2) is 0 Å². The molecule has 0 spiro atoms. The molecule has 4 nitrogen and oxygen atoms in total. The van der Waals surface area contributed by atoms with Gasteiger partial charge < -0.3 is 0 Å². The van der Waals surface area contributed by atoms with Gasteiger partial charge in [0.05, 0.1) is 6.20 Å². The smallest absolute Gasteiger partial charge is 0.234 e. The lowest BCUT2D eigenvalue weighted by Crippen LogP contribution is -1.94. The predicted octanol–water partition coefficient (Wildman–Crippen LogP) is 1.05. The molecule has 0 aliphatic carbocycles. The molecule has 0 aliphatic heterocycles. The molecule has 0 bridgehead atoms. The Bertz CT molecular complexity index is 481. The maximum atomic E-state index is 12.8. The Morgan fingerprint density at radius 3 is 3.00 bits per heavy atom. The van der Waals surface area contributed by atoms with Gasteiger partial charge in [0.2, 0.25) is 12.4 Å². The van der Waals surface area contributed by atoms with Crippen molar-refractivity contribution in [1.29, 1.82) is 0 Å². The first-order valence-corrected chi connectivity index (χ1v) is 4.37. The van der Waals surface area contributed by atoms with Gasteiger partial charge in [-0.1, -0.05) is 6.07 Å². The lowest BCUT2D eigenvalue weighted by Gasteiger charge is -1.96. The zero-order chi connectivity index (χ0) is 10.7. The minimum Gasteiger partial charge on any atom is -0.276 e. The van der Waals surface area contributed by atoms with E-state index in [0.29, 0.717) is 18.5 Å². The van der Waals surface area contributed by atoms with E-state index in [9.17, 15) is 9.18 Å². The van der Waals surface area contributed by atoms with Crippen LogP contribution in [0.5, 0.6) is 0 Å². The molecule has 5 heteroatoms. The van der Waals surface area contributed by atoms with Gasteiger partial charge in [-0.25, -0.2) is 9.67 Å². The number of rotatable bonds is 3. The summed E-state index contributed by atoms with van der Waals surface area (Å²) in [5, 5.41) is 3.78. The second-order valence-electron chi connectivity index (χ2n) is 3.06. The van der Waals surface area contributed by atoms with Gasteiger partial charge in [0, 0.05) is 18.3 Å². The molecule has 0 N–H and O–H groups in total. The number of hydrogen-bond acceptors (Lipinski definition) is 3. The molecule has 0 saturated heterocycles. The van der Waals surface area contributed by atoms with Crippen molar-refractivity contribution in [2.45, 2.75) is 6.42 Å². The van der Waals surface area contributed by atoms with Gasteiger partial charge in [-0.05, 0) is 17.7 Å². The summed E-state index contributed by atoms with van der Waals surface area (Å²) in [7, 11) is 0. The summed E-state index contributed by atoms with van der Waals surface area (Å²) in [5.74, 6) is -0.504. The highest BCUT2D eigenvalue weighted by Gasteiger charge is 2.01. The molecule has 0 radical (unpaired) electrons. The van der Waals surface area contributed by atoms with Crippen LogP contribution in [0.4, 0.5) is 4.39 Å². The van der Waals surface area contributed by atoms with E-state index in [1.807, 2.05) is 0 Å². The average Bonchev–Trinajstić information content (AvgIpc) is 2.65. The van der Waals surface area contributed by atoms with Crippen LogP contribution in [0.15, 0.2) is 30.6 Å². The molecule has 0 aliphatic rings. The molecule has 2 rings (SSSR count). The molecular weight excluding hydrogens is 197 g/mol. The zero-order valence-corrected chi connectivity index (χ0v) is 7.80. The SMILES string of the molecule is O=Cn1cc(Cc2cccc(F)n2)cn1. The fourth-order valence-corrected chi connectivity index (χ4v) is 1.28. The Balaban J connectivity index is 2.18. The number of aromatic nitrogens is 3. The summed E-state index contributed by atoms with van der Waals surface area (Å²) in [6.45, 7) is 0. The molecule has 2 aromatic heterocycles. The van der Waals surface area contributed by atoms with Gasteiger partial charge in [-0.15, -0.1) is 0 Å². The maximum Gasteiger partial charge on any atom is 0.234 e. The lowest BCUT2D eigenvalue weighted by molar-refractivity contribution is 0.540. The highest BCUT2D eigenvalue weighted by molar-refractivity contribution is 5.50. The van der Waals surface area contributed by atoms with Crippen LogP contribution in [-0.2, 0) is 11.2 Å². The third-order valence-electron chi connectivity index (χ3n) is 1.92. The summed E-state index contributed by atoms with van der Waals surface area (Å²) in [6.07, 6.45) is 4.20. The number of carbonyl (C=O) groups is 1. The van der Waals surface area contributed by atoms with Crippen molar-refractivity contribution in [1.82, 2.24) is 14.8 Å². The standard InChI is InChI=1S/C10H8FN3O/c11-10-3-1-2-9(13-10)4-8-5-12-14(6-8)7-15/h1-3,5-7H,4H2. The Labute approximate surface area is 85.4 Å². The Hall–Kier alpha value is -2.04. The van der Waals surface area contributed by atoms with E-state index in [0.717, 1.165) is 10.2 Å². The number of halogens is 1. The first-order valence-electron chi connectivity index (χ1n) is 4.37. The topological polar surface area (TPSA) is 47.8 Å². The number of nitrogens with zero attached hydrogens (tertiary/aromatic N) is 3. The maximum absolute atomic E-state index is 12.8. The lowest BCUT2D eigenvalue weighted by atomic mass is 10.2. The summed E-state index contributed by atoms with van der Waals surface area (Å²) < 4.78 is 13.9. The van der Waals surface area contributed by atoms with E-state index in [2.05, 4.69) is 10.1 Å². The van der Waals surface area contributed by atoms with E-state index < -0.39 is 5.95 Å². The molecule has 76 valence electrons. The normalized spacial score (nSPS) is 10.2.